The van der Waals surface area contributed by atoms with Crippen LogP contribution in [-0.4, -0.2) is 118 Å². The molecule has 11 rings (SSSR count). The molecule has 9 aromatic carbocycles. The van der Waals surface area contributed by atoms with Gasteiger partial charge >= 0.3 is 53.7 Å². The van der Waals surface area contributed by atoms with Gasteiger partial charge in [-0.15, -0.1) is 0 Å². The first-order valence-corrected chi connectivity index (χ1v) is 44.9. The van der Waals surface area contributed by atoms with Crippen molar-refractivity contribution in [3.63, 3.8) is 0 Å². The van der Waals surface area contributed by atoms with Crippen molar-refractivity contribution in [2.45, 2.75) is 185 Å². The Bertz CT molecular complexity index is 5100. The Labute approximate surface area is 785 Å². The number of ether oxygens (including phenoxy) is 9. The number of nitrogens with one attached hydrogen (secondary N) is 1. The Kier molecular flexibility index (Phi) is 53.6. The molecule has 718 valence electrons. The van der Waals surface area contributed by atoms with Crippen LogP contribution in [0.25, 0.3) is 0 Å². The zero-order chi connectivity index (χ0) is 98.8. The minimum absolute atomic E-state index is 0.0841. The van der Waals surface area contributed by atoms with Gasteiger partial charge in [-0.3, -0.25) is 0 Å². The third kappa shape index (κ3) is 44.4. The first kappa shape index (κ1) is 113. The molecular weight excluding hydrogens is 1690 g/mol. The average Bonchev–Trinajstić information content (AvgIpc) is 0.819. The van der Waals surface area contributed by atoms with Gasteiger partial charge < -0.3 is 93.8 Å². The summed E-state index contributed by atoms with van der Waals surface area (Å²) in [6.45, 7) is 31.8. The topological polar surface area (TPSA) is 457 Å². The second kappa shape index (κ2) is 63.0. The minimum Gasteiger partial charge on any atom is -0.462 e. The van der Waals surface area contributed by atoms with E-state index in [9.17, 15) is 43.2 Å². The number of anilines is 9. The molecule has 133 heavy (non-hydrogen) atoms. The fourth-order valence-corrected chi connectivity index (χ4v) is 12.0. The quantitative estimate of drug-likeness (QED) is 0.00723. The summed E-state index contributed by atoms with van der Waals surface area (Å²) in [4.78, 5) is 104. The summed E-state index contributed by atoms with van der Waals surface area (Å²) in [7, 11) is 1.79. The number of hydrogen-bond donors (Lipinski definition) is 9. The fourth-order valence-electron chi connectivity index (χ4n) is 12.0. The Morgan fingerprint density at radius 1 is 0.391 bits per heavy atom. The molecule has 0 radical (unpaired) electrons. The Morgan fingerprint density at radius 2 is 0.714 bits per heavy atom. The molecule has 2 aliphatic carbocycles. The predicted octanol–water partition coefficient (Wildman–Crippen LogP) is 21.3. The Balaban J connectivity index is 0.000000387. The first-order chi connectivity index (χ1) is 63.4. The number of hydrogen-bond acceptors (Lipinski definition) is 27. The van der Waals surface area contributed by atoms with Crippen molar-refractivity contribution in [1.82, 2.24) is 0 Å². The molecule has 9 aromatic rings. The van der Waals surface area contributed by atoms with Crippen LogP contribution in [0, 0.1) is 23.7 Å². The zero-order valence-electron chi connectivity index (χ0n) is 79.8. The third-order valence-corrected chi connectivity index (χ3v) is 19.5. The summed E-state index contributed by atoms with van der Waals surface area (Å²) < 4.78 is 46.3. The Hall–Kier alpha value is -14.1. The zero-order valence-corrected chi connectivity index (χ0v) is 79.8. The number of allylic oxidation sites excluding steroid dienone is 2. The highest BCUT2D eigenvalue weighted by molar-refractivity contribution is 6.00. The van der Waals surface area contributed by atoms with Gasteiger partial charge in [0.2, 0.25) is 0 Å². The van der Waals surface area contributed by atoms with Gasteiger partial charge in [0.25, 0.3) is 0 Å². The van der Waals surface area contributed by atoms with Crippen LogP contribution >= 0.6 is 0 Å². The molecule has 0 amide bonds. The molecule has 17 N–H and O–H groups in total. The summed E-state index contributed by atoms with van der Waals surface area (Å²) in [5, 5.41) is 2.96. The van der Waals surface area contributed by atoms with E-state index in [2.05, 4.69) is 38.7 Å². The first-order valence-electron chi connectivity index (χ1n) is 44.9. The highest BCUT2D eigenvalue weighted by Gasteiger charge is 2.35. The van der Waals surface area contributed by atoms with Gasteiger partial charge in [-0.1, -0.05) is 202 Å². The molecule has 0 heterocycles. The molecule has 0 aromatic heterocycles. The maximum absolute atomic E-state index is 12.3. The number of para-hydroxylation sites is 9. The number of nitrogens with two attached hydrogens (primary N) is 8. The minimum atomic E-state index is -0.476. The van der Waals surface area contributed by atoms with Gasteiger partial charge in [0.1, 0.15) is 18.3 Å². The highest BCUT2D eigenvalue weighted by atomic mass is 16.6. The van der Waals surface area contributed by atoms with Crippen molar-refractivity contribution < 1.29 is 85.8 Å². The van der Waals surface area contributed by atoms with Crippen LogP contribution in [0.15, 0.2) is 243 Å². The maximum atomic E-state index is 12.3. The summed E-state index contributed by atoms with van der Waals surface area (Å²) in [5.74, 6) is -1.46. The molecule has 27 heteroatoms. The number of carbonyl (C=O) groups excluding carboxylic acids is 9. The lowest BCUT2D eigenvalue weighted by Gasteiger charge is -2.35. The monoisotopic (exact) mass is 1830 g/mol. The van der Waals surface area contributed by atoms with Crippen molar-refractivity contribution >= 4 is 105 Å². The van der Waals surface area contributed by atoms with Crippen LogP contribution in [0.3, 0.4) is 0 Å². The number of unbranched alkanes of at least 4 members (excludes halogenated alkanes) is 1. The van der Waals surface area contributed by atoms with E-state index < -0.39 is 11.6 Å². The lowest BCUT2D eigenvalue weighted by atomic mass is 9.79. The SMILES string of the molecule is C=CCOC(=O)c1ccccc1N.CC(C)CCOC(=O)c1ccccc1N.CC(C)COC(=O)c1ccccc1N.CC(C)OC(=O)c1ccccc1N.CC1=CCC(C(C)(C)OC(=O)c2ccccc2N)CC1.CCCCOC(=O)c1ccccc1N.CCCOC(=O)c1ccccc1N.CNc1ccccc1C(=O)OCC(C)C.Nc1ccccc1C(=O)OC1CCCCC1. The second-order valence-electron chi connectivity index (χ2n) is 32.9. The smallest absolute Gasteiger partial charge is 0.340 e. The van der Waals surface area contributed by atoms with Crippen molar-refractivity contribution in [3.8, 4) is 0 Å². The molecule has 1 atom stereocenters. The van der Waals surface area contributed by atoms with Crippen LogP contribution in [0.4, 0.5) is 51.2 Å². The fraction of sp³-hybridized carbons (Fsp3) is 0.368. The summed E-state index contributed by atoms with van der Waals surface area (Å²) in [6.07, 6.45) is 16.0. The Morgan fingerprint density at radius 3 is 1.05 bits per heavy atom. The summed E-state index contributed by atoms with van der Waals surface area (Å²) in [5.41, 5.74) is 54.7. The molecule has 0 aliphatic heterocycles. The predicted molar refractivity (Wildman–Crippen MR) is 532 cm³/mol. The number of benzene rings is 9. The van der Waals surface area contributed by atoms with Crippen molar-refractivity contribution in [3.05, 3.63) is 293 Å². The highest BCUT2D eigenvalue weighted by Crippen LogP contribution is 2.35. The van der Waals surface area contributed by atoms with E-state index in [1.54, 1.807) is 209 Å². The molecule has 0 spiro atoms. The van der Waals surface area contributed by atoms with Gasteiger partial charge in [0.15, 0.2) is 0 Å². The molecule has 1 saturated carbocycles. The standard InChI is InChI=1S/C17H23NO2.C13H17NO2.2C12H17NO2.2C11H15NO2.2C10H13NO2.C10H11NO2/c1-12-8-10-13(11-9-12)17(2,3)20-16(19)14-6-4-5-7-15(14)18;14-12-9-5-4-8-11(12)13(15)16-10-6-2-1-3-7-10;1-9(2)8-15-12(14)10-6-4-5-7-11(10)13-3;1-9(2)7-8-15-12(14)10-5-3-4-6-11(10)13;1-8(2)7-14-11(13)9-5-3-4-6-10(9)12;1-2-3-8-14-11(13)9-6-4-5-7-10(9)12;1-7(2)13-10(12)8-5-3-4-6-9(8)11;2*1-2-7-13-10(12)8-5-3-4-6-9(8)11/h4-8,13H,9-11,18H2,1-3H3;4-5,8-10H,1-3,6-7,14H2;4-7,9,13H,8H2,1-3H3;3-6,9H,7-8,13H2,1-2H3;3-6,8H,7,12H2,1-2H3;4-7H,2-3,8,12H2,1H3;3-7H,11H2,1-2H3;3-6H,2,7,11H2,1H3;2-6H,1,7,11H2. The van der Waals surface area contributed by atoms with E-state index in [1.165, 1.54) is 18.1 Å². The van der Waals surface area contributed by atoms with Crippen molar-refractivity contribution in [1.29, 1.82) is 0 Å². The molecule has 0 saturated heterocycles. The molecule has 27 nitrogen and oxygen atoms in total. The van der Waals surface area contributed by atoms with Gasteiger partial charge in [-0.2, -0.15) is 0 Å². The van der Waals surface area contributed by atoms with E-state index in [0.717, 1.165) is 76.3 Å². The molecule has 1 unspecified atom stereocenters. The third-order valence-electron chi connectivity index (χ3n) is 19.5. The van der Waals surface area contributed by atoms with E-state index in [4.69, 9.17) is 88.5 Å². The lowest BCUT2D eigenvalue weighted by molar-refractivity contribution is -0.0322. The van der Waals surface area contributed by atoms with Gasteiger partial charge in [-0.05, 0) is 226 Å². The number of esters is 9. The molecule has 2 aliphatic rings. The van der Waals surface area contributed by atoms with E-state index >= 15 is 0 Å². The molecular formula is C106H141N9O18. The van der Waals surface area contributed by atoms with E-state index in [0.29, 0.717) is 152 Å². The van der Waals surface area contributed by atoms with E-state index in [-0.39, 0.29) is 66.6 Å². The van der Waals surface area contributed by atoms with Crippen molar-refractivity contribution in [2.75, 3.05) is 97.9 Å². The molecule has 1 fully saturated rings. The number of nitrogen functional groups attached to an aromatic ring is 8. The van der Waals surface area contributed by atoms with Crippen LogP contribution in [0.2, 0.25) is 0 Å². The number of rotatable bonds is 28. The maximum Gasteiger partial charge on any atom is 0.340 e. The molecule has 0 bridgehead atoms. The van der Waals surface area contributed by atoms with Crippen LogP contribution in [0.1, 0.15) is 260 Å². The van der Waals surface area contributed by atoms with E-state index in [1.807, 2.05) is 85.7 Å². The number of carbonyl (C=O) groups is 9. The summed E-state index contributed by atoms with van der Waals surface area (Å²) in [6, 6.07) is 62.7. The summed E-state index contributed by atoms with van der Waals surface area (Å²) >= 11 is 0. The second-order valence-corrected chi connectivity index (χ2v) is 32.9. The van der Waals surface area contributed by atoms with Crippen molar-refractivity contribution in [2.24, 2.45) is 23.7 Å². The average molecular weight is 1830 g/mol. The van der Waals surface area contributed by atoms with Crippen LogP contribution < -0.4 is 51.2 Å². The van der Waals surface area contributed by atoms with Crippen LogP contribution in [-0.2, 0) is 42.6 Å². The lowest BCUT2D eigenvalue weighted by Crippen LogP contribution is -2.37. The largest absolute Gasteiger partial charge is 0.462 e. The van der Waals surface area contributed by atoms with Gasteiger partial charge in [-0.25, -0.2) is 43.2 Å². The van der Waals surface area contributed by atoms with Gasteiger partial charge in [0, 0.05) is 64.2 Å². The normalized spacial score (nSPS) is 12.2. The van der Waals surface area contributed by atoms with Gasteiger partial charge in [0.05, 0.1) is 89.2 Å². The van der Waals surface area contributed by atoms with Crippen LogP contribution in [0.5, 0.6) is 0 Å².